The summed E-state index contributed by atoms with van der Waals surface area (Å²) in [6, 6.07) is 0. The van der Waals surface area contributed by atoms with Gasteiger partial charge in [-0.15, -0.1) is 0 Å². The molecular weight excluding hydrogens is 164 g/mol. The summed E-state index contributed by atoms with van der Waals surface area (Å²) in [6.45, 7) is 2.33. The van der Waals surface area contributed by atoms with Gasteiger partial charge < -0.3 is 4.74 Å². The van der Waals surface area contributed by atoms with Crippen molar-refractivity contribution in [2.45, 2.75) is 39.0 Å². The van der Waals surface area contributed by atoms with E-state index in [-0.39, 0.29) is 5.97 Å². The lowest BCUT2D eigenvalue weighted by molar-refractivity contribution is -0.137. The molecule has 0 unspecified atom stereocenters. The lowest BCUT2D eigenvalue weighted by atomic mass is 10.00. The minimum Gasteiger partial charge on any atom is -0.463 e. The Morgan fingerprint density at radius 2 is 2.31 bits per heavy atom. The summed E-state index contributed by atoms with van der Waals surface area (Å²) in [5, 5.41) is 0. The molecule has 0 atom stereocenters. The first kappa shape index (κ1) is 8.79. The maximum absolute atomic E-state index is 11.2. The van der Waals surface area contributed by atoms with Gasteiger partial charge in [0.1, 0.15) is 0 Å². The van der Waals surface area contributed by atoms with Gasteiger partial charge in [-0.2, -0.15) is 0 Å². The van der Waals surface area contributed by atoms with Crippen molar-refractivity contribution in [2.75, 3.05) is 6.61 Å². The number of hydrogen-bond acceptors (Lipinski definition) is 2. The molecular formula is C11H16O2. The second-order valence-electron chi connectivity index (χ2n) is 4.06. The summed E-state index contributed by atoms with van der Waals surface area (Å²) < 4.78 is 4.91. The Bertz CT molecular complexity index is 249. The third-order valence-electron chi connectivity index (χ3n) is 3.21. The zero-order chi connectivity index (χ0) is 9.31. The van der Waals surface area contributed by atoms with Crippen LogP contribution in [0.15, 0.2) is 11.6 Å². The molecule has 2 saturated carbocycles. The van der Waals surface area contributed by atoms with Crippen molar-refractivity contribution in [3.8, 4) is 0 Å². The summed E-state index contributed by atoms with van der Waals surface area (Å²) in [5.41, 5.74) is 1.80. The highest BCUT2D eigenvalue weighted by atomic mass is 16.5. The molecule has 1 spiro atoms. The molecule has 0 aromatic carbocycles. The molecule has 72 valence electrons. The number of ether oxygens (including phenoxy) is 1. The van der Waals surface area contributed by atoms with Gasteiger partial charge in [0.25, 0.3) is 0 Å². The lowest BCUT2D eigenvalue weighted by Crippen LogP contribution is -2.04. The number of rotatable bonds is 2. The van der Waals surface area contributed by atoms with E-state index in [1.165, 1.54) is 31.3 Å². The van der Waals surface area contributed by atoms with E-state index in [0.29, 0.717) is 12.0 Å². The predicted octanol–water partition coefficient (Wildman–Crippen LogP) is 2.44. The third kappa shape index (κ3) is 1.62. The Balaban J connectivity index is 2.03. The molecule has 0 aliphatic heterocycles. The molecule has 13 heavy (non-hydrogen) atoms. The first-order chi connectivity index (χ1) is 6.27. The molecule has 0 aromatic heterocycles. The maximum atomic E-state index is 11.2. The van der Waals surface area contributed by atoms with Gasteiger partial charge in [-0.3, -0.25) is 0 Å². The van der Waals surface area contributed by atoms with Gasteiger partial charge in [0.2, 0.25) is 0 Å². The second kappa shape index (κ2) is 3.17. The number of allylic oxidation sites excluding steroid dienone is 1. The summed E-state index contributed by atoms with van der Waals surface area (Å²) in [6.07, 6.45) is 7.97. The van der Waals surface area contributed by atoms with E-state index in [1.54, 1.807) is 6.08 Å². The number of hydrogen-bond donors (Lipinski definition) is 0. The van der Waals surface area contributed by atoms with Crippen molar-refractivity contribution in [3.63, 3.8) is 0 Å². The van der Waals surface area contributed by atoms with Crippen LogP contribution in [0, 0.1) is 5.41 Å². The monoisotopic (exact) mass is 180 g/mol. The first-order valence-corrected chi connectivity index (χ1v) is 5.15. The Labute approximate surface area is 79.0 Å². The van der Waals surface area contributed by atoms with Crippen molar-refractivity contribution in [1.29, 1.82) is 0 Å². The summed E-state index contributed by atoms with van der Waals surface area (Å²) in [4.78, 5) is 11.2. The zero-order valence-electron chi connectivity index (χ0n) is 8.14. The molecule has 2 fully saturated rings. The quantitative estimate of drug-likeness (QED) is 0.482. The number of carbonyl (C=O) groups is 1. The lowest BCUT2D eigenvalue weighted by Gasteiger charge is -2.07. The number of esters is 1. The van der Waals surface area contributed by atoms with E-state index in [4.69, 9.17) is 4.74 Å². The Morgan fingerprint density at radius 3 is 2.92 bits per heavy atom. The van der Waals surface area contributed by atoms with Crippen LogP contribution < -0.4 is 0 Å². The highest BCUT2D eigenvalue weighted by Gasteiger charge is 2.48. The van der Waals surface area contributed by atoms with Gasteiger partial charge in [0, 0.05) is 6.08 Å². The highest BCUT2D eigenvalue weighted by molar-refractivity contribution is 5.83. The molecule has 0 aromatic rings. The standard InChI is InChI=1S/C11H16O2/c1-2-13-10(12)8-9-4-3-5-11(9)6-7-11/h8H,2-7H2,1H3/b9-8-. The summed E-state index contributed by atoms with van der Waals surface area (Å²) in [5.74, 6) is -0.148. The van der Waals surface area contributed by atoms with Crippen LogP contribution in [0.25, 0.3) is 0 Å². The summed E-state index contributed by atoms with van der Waals surface area (Å²) in [7, 11) is 0. The Hall–Kier alpha value is -0.790. The van der Waals surface area contributed by atoms with Gasteiger partial charge >= 0.3 is 5.97 Å². The fraction of sp³-hybridized carbons (Fsp3) is 0.727. The van der Waals surface area contributed by atoms with E-state index in [1.807, 2.05) is 6.92 Å². The van der Waals surface area contributed by atoms with Gasteiger partial charge in [0.05, 0.1) is 6.61 Å². The SMILES string of the molecule is CCOC(=O)/C=C1/CCCC12CC2. The molecule has 2 aliphatic carbocycles. The van der Waals surface area contributed by atoms with Crippen molar-refractivity contribution in [3.05, 3.63) is 11.6 Å². The van der Waals surface area contributed by atoms with Crippen molar-refractivity contribution in [2.24, 2.45) is 5.41 Å². The maximum Gasteiger partial charge on any atom is 0.330 e. The average molecular weight is 180 g/mol. The molecule has 0 radical (unpaired) electrons. The smallest absolute Gasteiger partial charge is 0.330 e. The van der Waals surface area contributed by atoms with Crippen molar-refractivity contribution in [1.82, 2.24) is 0 Å². The second-order valence-corrected chi connectivity index (χ2v) is 4.06. The topological polar surface area (TPSA) is 26.3 Å². The molecule has 0 heterocycles. The molecule has 2 nitrogen and oxygen atoms in total. The van der Waals surface area contributed by atoms with E-state index in [2.05, 4.69) is 0 Å². The van der Waals surface area contributed by atoms with Gasteiger partial charge in [0.15, 0.2) is 0 Å². The van der Waals surface area contributed by atoms with E-state index < -0.39 is 0 Å². The third-order valence-corrected chi connectivity index (χ3v) is 3.21. The molecule has 0 bridgehead atoms. The normalized spacial score (nSPS) is 26.7. The van der Waals surface area contributed by atoms with E-state index in [9.17, 15) is 4.79 Å². The highest BCUT2D eigenvalue weighted by Crippen LogP contribution is 2.60. The minimum absolute atomic E-state index is 0.148. The minimum atomic E-state index is -0.148. The van der Waals surface area contributed by atoms with Crippen LogP contribution in [-0.4, -0.2) is 12.6 Å². The molecule has 2 rings (SSSR count). The Kier molecular flexibility index (Phi) is 2.14. The van der Waals surface area contributed by atoms with Crippen molar-refractivity contribution < 1.29 is 9.53 Å². The largest absolute Gasteiger partial charge is 0.463 e. The molecule has 0 amide bonds. The van der Waals surface area contributed by atoms with Crippen LogP contribution >= 0.6 is 0 Å². The molecule has 0 N–H and O–H groups in total. The number of carbonyl (C=O) groups excluding carboxylic acids is 1. The van der Waals surface area contributed by atoms with Gasteiger partial charge in [-0.05, 0) is 44.4 Å². The predicted molar refractivity (Wildman–Crippen MR) is 50.2 cm³/mol. The van der Waals surface area contributed by atoms with E-state index in [0.717, 1.165) is 6.42 Å². The van der Waals surface area contributed by atoms with Crippen LogP contribution in [0.2, 0.25) is 0 Å². The zero-order valence-corrected chi connectivity index (χ0v) is 8.14. The first-order valence-electron chi connectivity index (χ1n) is 5.15. The fourth-order valence-corrected chi connectivity index (χ4v) is 2.32. The molecule has 0 saturated heterocycles. The Morgan fingerprint density at radius 1 is 1.54 bits per heavy atom. The van der Waals surface area contributed by atoms with Crippen molar-refractivity contribution >= 4 is 5.97 Å². The van der Waals surface area contributed by atoms with Crippen LogP contribution in [0.1, 0.15) is 39.0 Å². The van der Waals surface area contributed by atoms with Crippen LogP contribution in [0.5, 0.6) is 0 Å². The average Bonchev–Trinajstić information content (AvgIpc) is 2.74. The van der Waals surface area contributed by atoms with Gasteiger partial charge in [-0.25, -0.2) is 4.79 Å². The van der Waals surface area contributed by atoms with Gasteiger partial charge in [-0.1, -0.05) is 5.57 Å². The summed E-state index contributed by atoms with van der Waals surface area (Å²) >= 11 is 0. The fourth-order valence-electron chi connectivity index (χ4n) is 2.32. The van der Waals surface area contributed by atoms with Crippen LogP contribution in [-0.2, 0) is 9.53 Å². The van der Waals surface area contributed by atoms with Crippen LogP contribution in [0.3, 0.4) is 0 Å². The van der Waals surface area contributed by atoms with E-state index >= 15 is 0 Å². The molecule has 2 heteroatoms. The van der Waals surface area contributed by atoms with Crippen LogP contribution in [0.4, 0.5) is 0 Å². The molecule has 2 aliphatic rings.